The molecule has 0 aliphatic heterocycles. The van der Waals surface area contributed by atoms with Crippen molar-refractivity contribution in [3.05, 3.63) is 29.8 Å². The first kappa shape index (κ1) is 16.9. The van der Waals surface area contributed by atoms with Gasteiger partial charge in [0.05, 0.1) is 0 Å². The van der Waals surface area contributed by atoms with Crippen molar-refractivity contribution in [2.45, 2.75) is 39.3 Å². The van der Waals surface area contributed by atoms with E-state index in [9.17, 15) is 8.78 Å². The Morgan fingerprint density at radius 2 is 2.10 bits per heavy atom. The van der Waals surface area contributed by atoms with E-state index in [0.29, 0.717) is 5.92 Å². The lowest BCUT2D eigenvalue weighted by Gasteiger charge is -2.20. The Labute approximate surface area is 119 Å². The molecule has 20 heavy (non-hydrogen) atoms. The molecule has 0 spiro atoms. The molecular weight excluding hydrogens is 264 g/mol. The molecule has 0 saturated carbocycles. The van der Waals surface area contributed by atoms with Crippen LogP contribution in [-0.2, 0) is 0 Å². The van der Waals surface area contributed by atoms with E-state index >= 15 is 0 Å². The van der Waals surface area contributed by atoms with Crippen LogP contribution in [0.3, 0.4) is 0 Å². The fourth-order valence-corrected chi connectivity index (χ4v) is 2.05. The van der Waals surface area contributed by atoms with Crippen molar-refractivity contribution in [2.24, 2.45) is 5.92 Å². The number of alkyl halides is 2. The third-order valence-electron chi connectivity index (χ3n) is 3.41. The van der Waals surface area contributed by atoms with Crippen molar-refractivity contribution in [3.63, 3.8) is 0 Å². The van der Waals surface area contributed by atoms with Crippen LogP contribution >= 0.6 is 0 Å². The molecular formula is C15H23F2NO2. The lowest BCUT2D eigenvalue weighted by molar-refractivity contribution is -0.0499. The zero-order valence-electron chi connectivity index (χ0n) is 12.0. The molecule has 0 aromatic heterocycles. The zero-order valence-corrected chi connectivity index (χ0v) is 12.0. The molecule has 0 aliphatic carbocycles. The van der Waals surface area contributed by atoms with Gasteiger partial charge in [-0.3, -0.25) is 0 Å². The second kappa shape index (κ2) is 8.87. The van der Waals surface area contributed by atoms with E-state index in [1.807, 2.05) is 13.0 Å². The Balaban J connectivity index is 2.56. The van der Waals surface area contributed by atoms with Gasteiger partial charge in [0.1, 0.15) is 5.75 Å². The molecule has 2 N–H and O–H groups in total. The lowest BCUT2D eigenvalue weighted by atomic mass is 10.0. The van der Waals surface area contributed by atoms with Gasteiger partial charge in [-0.2, -0.15) is 8.78 Å². The summed E-state index contributed by atoms with van der Waals surface area (Å²) in [5.41, 5.74) is 0.905. The molecule has 1 aromatic carbocycles. The molecule has 1 aromatic rings. The Hall–Kier alpha value is -1.20. The molecule has 0 amide bonds. The van der Waals surface area contributed by atoms with Gasteiger partial charge in [-0.1, -0.05) is 25.5 Å². The number of hydrogen-bond acceptors (Lipinski definition) is 3. The lowest BCUT2D eigenvalue weighted by Crippen LogP contribution is -2.26. The number of aliphatic hydroxyl groups excluding tert-OH is 1. The van der Waals surface area contributed by atoms with Crippen molar-refractivity contribution in [2.75, 3.05) is 13.2 Å². The smallest absolute Gasteiger partial charge is 0.387 e. The molecule has 0 radical (unpaired) electrons. The third-order valence-corrected chi connectivity index (χ3v) is 3.41. The highest BCUT2D eigenvalue weighted by molar-refractivity contribution is 5.30. The summed E-state index contributed by atoms with van der Waals surface area (Å²) in [6, 6.07) is 6.77. The number of ether oxygens (including phenoxy) is 1. The molecule has 0 heterocycles. The van der Waals surface area contributed by atoms with E-state index in [1.165, 1.54) is 6.07 Å². The fourth-order valence-electron chi connectivity index (χ4n) is 2.05. The minimum Gasteiger partial charge on any atom is -0.435 e. The number of hydrogen-bond donors (Lipinski definition) is 2. The second-order valence-electron chi connectivity index (χ2n) is 4.87. The van der Waals surface area contributed by atoms with Crippen LogP contribution in [-0.4, -0.2) is 24.9 Å². The minimum atomic E-state index is -2.80. The van der Waals surface area contributed by atoms with Gasteiger partial charge in [0.2, 0.25) is 0 Å². The summed E-state index contributed by atoms with van der Waals surface area (Å²) >= 11 is 0. The highest BCUT2D eigenvalue weighted by Gasteiger charge is 2.11. The Morgan fingerprint density at radius 3 is 2.70 bits per heavy atom. The highest BCUT2D eigenvalue weighted by atomic mass is 19.3. The molecule has 0 aliphatic rings. The second-order valence-corrected chi connectivity index (χ2v) is 4.87. The van der Waals surface area contributed by atoms with Gasteiger partial charge < -0.3 is 15.2 Å². The number of nitrogens with one attached hydrogen (secondary N) is 1. The zero-order chi connectivity index (χ0) is 15.0. The van der Waals surface area contributed by atoms with Crippen LogP contribution in [0.4, 0.5) is 8.78 Å². The van der Waals surface area contributed by atoms with Crippen LogP contribution in [0.5, 0.6) is 5.75 Å². The molecule has 1 rings (SSSR count). The maximum absolute atomic E-state index is 12.2. The van der Waals surface area contributed by atoms with Gasteiger partial charge in [0.25, 0.3) is 0 Å². The van der Waals surface area contributed by atoms with Gasteiger partial charge in [-0.15, -0.1) is 0 Å². The summed E-state index contributed by atoms with van der Waals surface area (Å²) < 4.78 is 28.7. The minimum absolute atomic E-state index is 0.0453. The maximum atomic E-state index is 12.2. The van der Waals surface area contributed by atoms with Crippen LogP contribution in [0.2, 0.25) is 0 Å². The van der Waals surface area contributed by atoms with E-state index in [0.717, 1.165) is 24.9 Å². The first-order valence-corrected chi connectivity index (χ1v) is 6.95. The van der Waals surface area contributed by atoms with E-state index in [1.54, 1.807) is 12.1 Å². The Morgan fingerprint density at radius 1 is 1.35 bits per heavy atom. The van der Waals surface area contributed by atoms with Crippen molar-refractivity contribution in [3.8, 4) is 5.75 Å². The van der Waals surface area contributed by atoms with Crippen molar-refractivity contribution >= 4 is 0 Å². The summed E-state index contributed by atoms with van der Waals surface area (Å²) in [7, 11) is 0. The monoisotopic (exact) mass is 287 g/mol. The van der Waals surface area contributed by atoms with Crippen molar-refractivity contribution in [1.82, 2.24) is 5.32 Å². The van der Waals surface area contributed by atoms with Crippen LogP contribution in [0.15, 0.2) is 24.3 Å². The first-order chi connectivity index (χ1) is 9.56. The van der Waals surface area contributed by atoms with E-state index in [2.05, 4.69) is 17.0 Å². The van der Waals surface area contributed by atoms with Crippen LogP contribution in [0.1, 0.15) is 38.3 Å². The molecule has 0 fully saturated rings. The van der Waals surface area contributed by atoms with Crippen molar-refractivity contribution in [1.29, 1.82) is 0 Å². The van der Waals surface area contributed by atoms with Gasteiger partial charge in [0, 0.05) is 12.6 Å². The average Bonchev–Trinajstić information content (AvgIpc) is 2.42. The molecule has 3 nitrogen and oxygen atoms in total. The first-order valence-electron chi connectivity index (χ1n) is 6.95. The quantitative estimate of drug-likeness (QED) is 0.732. The fraction of sp³-hybridized carbons (Fsp3) is 0.600. The summed E-state index contributed by atoms with van der Waals surface area (Å²) in [6.45, 7) is 2.24. The number of aliphatic hydroxyl groups is 1. The number of rotatable bonds is 9. The predicted molar refractivity (Wildman–Crippen MR) is 75.0 cm³/mol. The van der Waals surface area contributed by atoms with Crippen LogP contribution in [0, 0.1) is 5.92 Å². The third kappa shape index (κ3) is 5.84. The molecule has 114 valence electrons. The maximum Gasteiger partial charge on any atom is 0.387 e. The molecule has 2 atom stereocenters. The van der Waals surface area contributed by atoms with Crippen molar-refractivity contribution < 1.29 is 18.6 Å². The summed E-state index contributed by atoms with van der Waals surface area (Å²) in [4.78, 5) is 0. The van der Waals surface area contributed by atoms with E-state index < -0.39 is 6.61 Å². The molecule has 2 unspecified atom stereocenters. The summed E-state index contributed by atoms with van der Waals surface area (Å²) in [5, 5.41) is 12.3. The molecule has 5 heteroatoms. The van der Waals surface area contributed by atoms with Gasteiger partial charge in [-0.25, -0.2) is 0 Å². The van der Waals surface area contributed by atoms with Gasteiger partial charge >= 0.3 is 6.61 Å². The van der Waals surface area contributed by atoms with Gasteiger partial charge in [0.15, 0.2) is 0 Å². The summed E-state index contributed by atoms with van der Waals surface area (Å²) in [6.07, 6.45) is 1.76. The normalized spacial score (nSPS) is 14.3. The largest absolute Gasteiger partial charge is 0.435 e. The summed E-state index contributed by atoms with van der Waals surface area (Å²) in [5.74, 6) is 0.594. The van der Waals surface area contributed by atoms with E-state index in [-0.39, 0.29) is 18.4 Å². The molecule has 0 saturated heterocycles. The number of halogens is 2. The topological polar surface area (TPSA) is 41.5 Å². The van der Waals surface area contributed by atoms with E-state index in [4.69, 9.17) is 5.11 Å². The van der Waals surface area contributed by atoms with Gasteiger partial charge in [-0.05, 0) is 43.5 Å². The SMILES string of the molecule is CCC(CCO)CNC(C)c1cccc(OC(F)F)c1. The average molecular weight is 287 g/mol. The molecule has 0 bridgehead atoms. The number of benzene rings is 1. The van der Waals surface area contributed by atoms with Crippen LogP contribution in [0.25, 0.3) is 0 Å². The predicted octanol–water partition coefficient (Wildman–Crippen LogP) is 3.35. The standard InChI is InChI=1S/C15H23F2NO2/c1-3-12(7-8-19)10-18-11(2)13-5-4-6-14(9-13)20-15(16)17/h4-6,9,11-12,15,18-19H,3,7-8,10H2,1-2H3. The highest BCUT2D eigenvalue weighted by Crippen LogP contribution is 2.21. The Bertz CT molecular complexity index is 388. The van der Waals surface area contributed by atoms with Crippen LogP contribution < -0.4 is 10.1 Å². The Kier molecular flexibility index (Phi) is 7.47.